The molecule has 0 bridgehead atoms. The predicted molar refractivity (Wildman–Crippen MR) is 106 cm³/mol. The van der Waals surface area contributed by atoms with Crippen molar-refractivity contribution in [2.24, 2.45) is 0 Å². The lowest BCUT2D eigenvalue weighted by Crippen LogP contribution is -2.27. The fourth-order valence-corrected chi connectivity index (χ4v) is 3.56. The molecule has 136 valence electrons. The first-order valence-electron chi connectivity index (χ1n) is 8.81. The number of aromatic nitrogens is 3. The van der Waals surface area contributed by atoms with E-state index in [0.717, 1.165) is 10.8 Å². The minimum absolute atomic E-state index is 0.241. The second kappa shape index (κ2) is 6.31. The minimum atomic E-state index is -0.330. The van der Waals surface area contributed by atoms with Gasteiger partial charge in [-0.3, -0.25) is 14.5 Å². The Hall–Kier alpha value is -4.00. The van der Waals surface area contributed by atoms with E-state index in [1.807, 2.05) is 60.7 Å². The number of rotatable bonds is 2. The molecule has 2 amide bonds. The molecular formula is C21H15N5O2. The molecule has 1 aliphatic heterocycles. The van der Waals surface area contributed by atoms with E-state index in [1.165, 1.54) is 6.33 Å². The Bertz CT molecular complexity index is 1220. The van der Waals surface area contributed by atoms with E-state index in [2.05, 4.69) is 15.4 Å². The number of nitrogens with one attached hydrogen (secondary N) is 1. The standard InChI is InChI=1S/C21H15N5O2/c27-19-11-20(28)26(17-8-4-3-7-16(17)25-13-22-12-23-25)18-10-9-14-5-1-2-6-15(14)21(18)24-19/h1-10,12-13H,11H2,(H,24,27). The summed E-state index contributed by atoms with van der Waals surface area (Å²) in [5, 5.41) is 8.98. The normalized spacial score (nSPS) is 13.9. The van der Waals surface area contributed by atoms with Gasteiger partial charge in [0.1, 0.15) is 19.1 Å². The molecule has 0 unspecified atom stereocenters. The second-order valence-corrected chi connectivity index (χ2v) is 6.46. The summed E-state index contributed by atoms with van der Waals surface area (Å²) < 4.78 is 1.60. The van der Waals surface area contributed by atoms with Crippen molar-refractivity contribution in [2.75, 3.05) is 10.2 Å². The summed E-state index contributed by atoms with van der Waals surface area (Å²) in [4.78, 5) is 31.1. The largest absolute Gasteiger partial charge is 0.323 e. The fourth-order valence-electron chi connectivity index (χ4n) is 3.56. The third-order valence-electron chi connectivity index (χ3n) is 4.76. The van der Waals surface area contributed by atoms with Gasteiger partial charge in [-0.15, -0.1) is 0 Å². The number of carbonyl (C=O) groups is 2. The molecule has 3 aromatic carbocycles. The molecule has 0 radical (unpaired) electrons. The van der Waals surface area contributed by atoms with Crippen molar-refractivity contribution >= 4 is 39.6 Å². The topological polar surface area (TPSA) is 80.1 Å². The zero-order valence-electron chi connectivity index (χ0n) is 14.7. The summed E-state index contributed by atoms with van der Waals surface area (Å²) >= 11 is 0. The van der Waals surface area contributed by atoms with Crippen LogP contribution in [0.25, 0.3) is 16.5 Å². The molecule has 1 N–H and O–H groups in total. The van der Waals surface area contributed by atoms with Crippen LogP contribution < -0.4 is 10.2 Å². The van der Waals surface area contributed by atoms with Crippen LogP contribution >= 0.6 is 0 Å². The molecule has 0 spiro atoms. The maximum atomic E-state index is 13.1. The van der Waals surface area contributed by atoms with Gasteiger partial charge in [-0.05, 0) is 23.6 Å². The van der Waals surface area contributed by atoms with E-state index in [-0.39, 0.29) is 18.2 Å². The highest BCUT2D eigenvalue weighted by atomic mass is 16.2. The maximum absolute atomic E-state index is 13.1. The Balaban J connectivity index is 1.79. The first-order chi connectivity index (χ1) is 13.7. The molecule has 5 rings (SSSR count). The van der Waals surface area contributed by atoms with Crippen LogP contribution in [-0.2, 0) is 9.59 Å². The van der Waals surface area contributed by atoms with Gasteiger partial charge in [0.15, 0.2) is 0 Å². The van der Waals surface area contributed by atoms with E-state index >= 15 is 0 Å². The van der Waals surface area contributed by atoms with Crippen molar-refractivity contribution < 1.29 is 9.59 Å². The summed E-state index contributed by atoms with van der Waals surface area (Å²) in [6.07, 6.45) is 2.77. The number of fused-ring (bicyclic) bond motifs is 3. The highest BCUT2D eigenvalue weighted by Crippen LogP contribution is 2.41. The van der Waals surface area contributed by atoms with Crippen molar-refractivity contribution in [2.45, 2.75) is 6.42 Å². The van der Waals surface area contributed by atoms with Gasteiger partial charge in [-0.2, -0.15) is 5.10 Å². The van der Waals surface area contributed by atoms with Crippen LogP contribution in [0.5, 0.6) is 0 Å². The number of nitrogens with zero attached hydrogens (tertiary/aromatic N) is 4. The Morgan fingerprint density at radius 3 is 2.46 bits per heavy atom. The van der Waals surface area contributed by atoms with Gasteiger partial charge >= 0.3 is 0 Å². The molecule has 0 atom stereocenters. The lowest BCUT2D eigenvalue weighted by molar-refractivity contribution is -0.124. The highest BCUT2D eigenvalue weighted by Gasteiger charge is 2.30. The van der Waals surface area contributed by atoms with Gasteiger partial charge in [-0.25, -0.2) is 9.67 Å². The summed E-state index contributed by atoms with van der Waals surface area (Å²) in [6, 6.07) is 19.0. The average Bonchev–Trinajstić information content (AvgIpc) is 3.20. The van der Waals surface area contributed by atoms with Crippen molar-refractivity contribution in [1.82, 2.24) is 14.8 Å². The molecule has 0 saturated heterocycles. The molecule has 0 fully saturated rings. The van der Waals surface area contributed by atoms with E-state index < -0.39 is 0 Å². The van der Waals surface area contributed by atoms with Crippen LogP contribution in [-0.4, -0.2) is 26.6 Å². The lowest BCUT2D eigenvalue weighted by atomic mass is 10.1. The highest BCUT2D eigenvalue weighted by molar-refractivity contribution is 6.21. The molecule has 28 heavy (non-hydrogen) atoms. The summed E-state index contributed by atoms with van der Waals surface area (Å²) in [5.74, 6) is -0.637. The summed E-state index contributed by atoms with van der Waals surface area (Å²) in [6.45, 7) is 0. The summed E-state index contributed by atoms with van der Waals surface area (Å²) in [7, 11) is 0. The van der Waals surface area contributed by atoms with Gasteiger partial charge in [0.05, 0.1) is 22.7 Å². The first-order valence-corrected chi connectivity index (χ1v) is 8.81. The Morgan fingerprint density at radius 1 is 0.857 bits per heavy atom. The van der Waals surface area contributed by atoms with Crippen LogP contribution in [0.4, 0.5) is 17.1 Å². The van der Waals surface area contributed by atoms with Crippen molar-refractivity contribution in [1.29, 1.82) is 0 Å². The van der Waals surface area contributed by atoms with Gasteiger partial charge in [-0.1, -0.05) is 42.5 Å². The third kappa shape index (κ3) is 2.52. The number of anilines is 3. The van der Waals surface area contributed by atoms with Crippen molar-refractivity contribution in [3.05, 3.63) is 73.3 Å². The smallest absolute Gasteiger partial charge is 0.241 e. The van der Waals surface area contributed by atoms with Gasteiger partial charge in [0.2, 0.25) is 11.8 Å². The molecule has 0 saturated carbocycles. The molecule has 1 aliphatic rings. The Kier molecular flexibility index (Phi) is 3.65. The number of hydrogen-bond donors (Lipinski definition) is 1. The lowest BCUT2D eigenvalue weighted by Gasteiger charge is -2.25. The zero-order valence-corrected chi connectivity index (χ0v) is 14.7. The number of para-hydroxylation sites is 2. The van der Waals surface area contributed by atoms with Crippen LogP contribution in [0.2, 0.25) is 0 Å². The van der Waals surface area contributed by atoms with Crippen molar-refractivity contribution in [3.63, 3.8) is 0 Å². The van der Waals surface area contributed by atoms with E-state index in [1.54, 1.807) is 15.9 Å². The second-order valence-electron chi connectivity index (χ2n) is 6.46. The van der Waals surface area contributed by atoms with Crippen molar-refractivity contribution in [3.8, 4) is 5.69 Å². The van der Waals surface area contributed by atoms with Gasteiger partial charge in [0.25, 0.3) is 0 Å². The molecule has 1 aromatic heterocycles. The van der Waals surface area contributed by atoms with E-state index in [4.69, 9.17) is 0 Å². The fraction of sp³-hybridized carbons (Fsp3) is 0.0476. The minimum Gasteiger partial charge on any atom is -0.323 e. The monoisotopic (exact) mass is 369 g/mol. The number of carbonyl (C=O) groups excluding carboxylic acids is 2. The van der Waals surface area contributed by atoms with Gasteiger partial charge < -0.3 is 5.32 Å². The van der Waals surface area contributed by atoms with Gasteiger partial charge in [0, 0.05) is 5.39 Å². The molecular weight excluding hydrogens is 354 g/mol. The molecule has 0 aliphatic carbocycles. The average molecular weight is 369 g/mol. The SMILES string of the molecule is O=C1CC(=O)N(c2ccccc2-n2cncn2)c2ccc3ccccc3c2N1. The molecule has 2 heterocycles. The number of hydrogen-bond acceptors (Lipinski definition) is 4. The third-order valence-corrected chi connectivity index (χ3v) is 4.76. The quantitative estimate of drug-likeness (QED) is 0.549. The predicted octanol–water partition coefficient (Wildman–Crippen LogP) is 3.43. The molecule has 7 heteroatoms. The summed E-state index contributed by atoms with van der Waals surface area (Å²) in [5.41, 5.74) is 2.58. The maximum Gasteiger partial charge on any atom is 0.241 e. The zero-order chi connectivity index (χ0) is 19.1. The van der Waals surface area contributed by atoms with E-state index in [0.29, 0.717) is 22.7 Å². The van der Waals surface area contributed by atoms with Crippen LogP contribution in [0.3, 0.4) is 0 Å². The Labute approximate surface area is 160 Å². The van der Waals surface area contributed by atoms with Crippen LogP contribution in [0.1, 0.15) is 6.42 Å². The number of benzene rings is 3. The molecule has 7 nitrogen and oxygen atoms in total. The first kappa shape index (κ1) is 16.2. The number of amides is 2. The molecule has 4 aromatic rings. The van der Waals surface area contributed by atoms with Crippen LogP contribution in [0.15, 0.2) is 73.3 Å². The van der Waals surface area contributed by atoms with Crippen LogP contribution in [0, 0.1) is 0 Å². The Morgan fingerprint density at radius 2 is 1.64 bits per heavy atom. The van der Waals surface area contributed by atoms with E-state index in [9.17, 15) is 9.59 Å².